The van der Waals surface area contributed by atoms with Crippen molar-refractivity contribution < 1.29 is 185 Å². The summed E-state index contributed by atoms with van der Waals surface area (Å²) in [7, 11) is -22.7. The Balaban J connectivity index is 6.80. The van der Waals surface area contributed by atoms with Gasteiger partial charge in [-0.3, -0.25) is 9.05 Å². The zero-order valence-corrected chi connectivity index (χ0v) is 36.5. The van der Waals surface area contributed by atoms with E-state index in [1.807, 2.05) is 0 Å². The largest absolute Gasteiger partial charge is 0.472 e. The van der Waals surface area contributed by atoms with Gasteiger partial charge in [0.15, 0.2) is 0 Å². The summed E-state index contributed by atoms with van der Waals surface area (Å²) in [5.41, 5.74) is 0. The minimum atomic E-state index is -9.27. The highest BCUT2D eigenvalue weighted by Gasteiger charge is 2.98. The third-order valence-electron chi connectivity index (χ3n) is 8.85. The van der Waals surface area contributed by atoms with Gasteiger partial charge in [0.2, 0.25) is 0 Å². The number of halogens is 34. The molecule has 440 valence electrons. The van der Waals surface area contributed by atoms with Crippen molar-refractivity contribution in [2.24, 2.45) is 0 Å². The number of phosphoric acid groups is 1. The molecule has 0 atom stereocenters. The molecule has 0 rings (SSSR count). The van der Waals surface area contributed by atoms with Crippen LogP contribution in [-0.2, 0) is 33.7 Å². The van der Waals surface area contributed by atoms with Crippen LogP contribution in [-0.4, -0.2) is 164 Å². The molecule has 0 amide bonds. The highest BCUT2D eigenvalue weighted by molar-refractivity contribution is 7.90. The van der Waals surface area contributed by atoms with E-state index in [1.165, 1.54) is 0 Å². The maximum absolute atomic E-state index is 14.7. The molecule has 0 aromatic rings. The first-order valence-corrected chi connectivity index (χ1v) is 21.7. The summed E-state index contributed by atoms with van der Waals surface area (Å²) < 4.78 is 531. The molecule has 0 bridgehead atoms. The molecule has 47 heteroatoms. The van der Waals surface area contributed by atoms with Crippen molar-refractivity contribution in [1.82, 2.24) is 8.61 Å². The van der Waals surface area contributed by atoms with E-state index in [0.29, 0.717) is 13.8 Å². The minimum Gasteiger partial charge on any atom is -0.302 e. The van der Waals surface area contributed by atoms with E-state index >= 15 is 0 Å². The van der Waals surface area contributed by atoms with Gasteiger partial charge in [0.25, 0.3) is 20.0 Å². The van der Waals surface area contributed by atoms with Gasteiger partial charge in [0.1, 0.15) is 0 Å². The lowest BCUT2D eigenvalue weighted by Crippen LogP contribution is -2.75. The molecule has 0 aliphatic carbocycles. The van der Waals surface area contributed by atoms with Gasteiger partial charge in [-0.1, -0.05) is 13.8 Å². The van der Waals surface area contributed by atoms with Crippen LogP contribution in [0.5, 0.6) is 0 Å². The van der Waals surface area contributed by atoms with Crippen LogP contribution in [0.25, 0.3) is 0 Å². The molecule has 0 saturated heterocycles. The zero-order chi connectivity index (χ0) is 59.7. The molecule has 0 aromatic heterocycles. The molecule has 1 N–H and O–H groups in total. The van der Waals surface area contributed by atoms with E-state index in [4.69, 9.17) is 0 Å². The molecular formula is C26H23F34N2O8PS2. The van der Waals surface area contributed by atoms with Gasteiger partial charge >= 0.3 is 102 Å². The van der Waals surface area contributed by atoms with Gasteiger partial charge < -0.3 is 4.89 Å². The van der Waals surface area contributed by atoms with Crippen molar-refractivity contribution in [3.8, 4) is 0 Å². The van der Waals surface area contributed by atoms with Gasteiger partial charge in [0.05, 0.1) is 13.2 Å². The molecule has 0 aromatic carbocycles. The summed E-state index contributed by atoms with van der Waals surface area (Å²) in [4.78, 5) is 9.64. The first kappa shape index (κ1) is 70.5. The Hall–Kier alpha value is -2.45. The summed E-state index contributed by atoms with van der Waals surface area (Å²) in [5, 5.41) is -16.4. The van der Waals surface area contributed by atoms with Crippen LogP contribution in [0.3, 0.4) is 0 Å². The predicted molar refractivity (Wildman–Crippen MR) is 165 cm³/mol. The van der Waals surface area contributed by atoms with Crippen LogP contribution >= 0.6 is 7.82 Å². The third kappa shape index (κ3) is 10.5. The summed E-state index contributed by atoms with van der Waals surface area (Å²) in [5.74, 6) is -108. The zero-order valence-electron chi connectivity index (χ0n) is 34.0. The lowest BCUT2D eigenvalue weighted by atomic mass is 9.91. The highest BCUT2D eigenvalue weighted by Crippen LogP contribution is 2.67. The number of sulfonamides is 2. The van der Waals surface area contributed by atoms with Gasteiger partial charge in [-0.2, -0.15) is 158 Å². The Labute approximate surface area is 381 Å². The molecule has 0 saturated carbocycles. The van der Waals surface area contributed by atoms with E-state index in [1.54, 1.807) is 0 Å². The van der Waals surface area contributed by atoms with Crippen molar-refractivity contribution in [1.29, 1.82) is 0 Å². The number of hydrogen-bond acceptors (Lipinski definition) is 7. The first-order valence-electron chi connectivity index (χ1n) is 17.4. The van der Waals surface area contributed by atoms with Crippen LogP contribution in [0, 0.1) is 0 Å². The Bertz CT molecular complexity index is 2050. The molecule has 0 spiro atoms. The topological polar surface area (TPSA) is 131 Å². The molecule has 0 radical (unpaired) electrons. The molecule has 0 unspecified atom stereocenters. The first-order chi connectivity index (χ1) is 31.3. The SMILES string of the molecule is CCCN(CCOP(=O)(O)OCCN(CCC)S(=O)(=O)C(F)(F)C(F)(F)C(F)(F)C(F)(F)C(F)(F)C(F)(F)C(F)(F)C(F)(F)F)S(=O)(=O)C(F)(F)C(F)(F)C(F)(F)C(F)(F)C(F)(F)C(F)(F)C(F)(F)C(F)(F)F. The van der Waals surface area contributed by atoms with Crippen LogP contribution in [0.2, 0.25) is 0 Å². The normalized spacial score (nSPS) is 16.5. The number of nitrogens with zero attached hydrogens (tertiary/aromatic N) is 2. The molecule has 0 aliphatic rings. The Kier molecular flexibility index (Phi) is 19.4. The minimum absolute atomic E-state index is 0.557. The Morgan fingerprint density at radius 1 is 0.342 bits per heavy atom. The number of rotatable bonds is 28. The second-order valence-electron chi connectivity index (χ2n) is 13.9. The molecule has 10 nitrogen and oxygen atoms in total. The van der Waals surface area contributed by atoms with Gasteiger partial charge in [-0.05, 0) is 12.8 Å². The highest BCUT2D eigenvalue weighted by atomic mass is 32.2. The molecule has 0 fully saturated rings. The number of phosphoric ester groups is 1. The fourth-order valence-electron chi connectivity index (χ4n) is 4.70. The molecule has 73 heavy (non-hydrogen) atoms. The monoisotopic (exact) mass is 1230 g/mol. The maximum Gasteiger partial charge on any atom is 0.472 e. The summed E-state index contributed by atoms with van der Waals surface area (Å²) in [6, 6.07) is 0. The van der Waals surface area contributed by atoms with Gasteiger partial charge in [0, 0.05) is 26.2 Å². The van der Waals surface area contributed by atoms with Crippen molar-refractivity contribution in [2.75, 3.05) is 39.4 Å². The lowest BCUT2D eigenvalue weighted by molar-refractivity contribution is -0.458. The smallest absolute Gasteiger partial charge is 0.302 e. The second-order valence-corrected chi connectivity index (χ2v) is 19.3. The van der Waals surface area contributed by atoms with E-state index in [-0.39, 0.29) is 0 Å². The summed E-state index contributed by atoms with van der Waals surface area (Å²) in [6.45, 7) is -12.2. The van der Waals surface area contributed by atoms with Crippen LogP contribution < -0.4 is 0 Å². The van der Waals surface area contributed by atoms with E-state index in [2.05, 4.69) is 9.05 Å². The molecule has 0 heterocycles. The van der Waals surface area contributed by atoms with E-state index in [0.717, 1.165) is 0 Å². The predicted octanol–water partition coefficient (Wildman–Crippen LogP) is 11.1. The molecule has 0 aliphatic heterocycles. The molecular weight excluding hydrogens is 1210 g/mol. The average Bonchev–Trinajstić information content (AvgIpc) is 3.17. The lowest BCUT2D eigenvalue weighted by Gasteiger charge is -2.43. The van der Waals surface area contributed by atoms with E-state index in [9.17, 15) is 176 Å². The summed E-state index contributed by atoms with van der Waals surface area (Å²) >= 11 is 0. The maximum atomic E-state index is 14.7. The summed E-state index contributed by atoms with van der Waals surface area (Å²) in [6.07, 6.45) is -18.6. The number of alkyl halides is 34. The van der Waals surface area contributed by atoms with Crippen LogP contribution in [0.15, 0.2) is 0 Å². The Morgan fingerprint density at radius 2 is 0.521 bits per heavy atom. The third-order valence-corrected chi connectivity index (χ3v) is 13.8. The fraction of sp³-hybridized carbons (Fsp3) is 1.00. The second kappa shape index (κ2) is 20.1. The van der Waals surface area contributed by atoms with Crippen LogP contribution in [0.4, 0.5) is 149 Å². The van der Waals surface area contributed by atoms with Gasteiger partial charge in [-0.25, -0.2) is 21.4 Å². The Morgan fingerprint density at radius 3 is 0.699 bits per heavy atom. The average molecular weight is 1230 g/mol. The number of hydrogen-bond donors (Lipinski definition) is 1. The van der Waals surface area contributed by atoms with Crippen LogP contribution in [0.1, 0.15) is 26.7 Å². The van der Waals surface area contributed by atoms with Crippen molar-refractivity contribution in [2.45, 2.75) is 121 Å². The van der Waals surface area contributed by atoms with Crippen molar-refractivity contribution >= 4 is 27.9 Å². The van der Waals surface area contributed by atoms with Gasteiger partial charge in [-0.15, -0.1) is 0 Å². The standard InChI is InChI=1S/C26H23F34N2O8PS2/c1-3-5-61(72(65,66)25(57,58)21(47,48)17(39,40)13(31,32)11(27,28)15(35,36)19(43,44)23(51,52)53)7-9-69-71(63,64)70-10-8-62(6-4-2)73(67,68)26(59,60)22(49,50)18(41,42)14(33,34)12(29,30)16(37,38)20(45,46)24(54,55)56/h3-10H2,1-2H3,(H,63,64). The quantitative estimate of drug-likeness (QED) is 0.0605. The van der Waals surface area contributed by atoms with Crippen molar-refractivity contribution in [3.63, 3.8) is 0 Å². The van der Waals surface area contributed by atoms with Crippen molar-refractivity contribution in [3.05, 3.63) is 0 Å². The van der Waals surface area contributed by atoms with E-state index < -0.39 is 183 Å². The fourth-order valence-corrected chi connectivity index (χ4v) is 8.43.